The Labute approximate surface area is 96.9 Å². The molecule has 3 heteroatoms. The summed E-state index contributed by atoms with van der Waals surface area (Å²) in [6, 6.07) is 5.65. The summed E-state index contributed by atoms with van der Waals surface area (Å²) in [6.07, 6.45) is 3.54. The van der Waals surface area contributed by atoms with Gasteiger partial charge < -0.3 is 15.7 Å². The van der Waals surface area contributed by atoms with Crippen molar-refractivity contribution in [1.82, 2.24) is 4.90 Å². The fourth-order valence-electron chi connectivity index (χ4n) is 2.25. The molecule has 2 rings (SSSR count). The minimum Gasteiger partial charge on any atom is -0.508 e. The molecule has 0 amide bonds. The predicted octanol–water partition coefficient (Wildman–Crippen LogP) is 1.49. The number of phenolic OH excluding ortho intramolecular Hbond substituents is 1. The second-order valence-electron chi connectivity index (χ2n) is 4.47. The highest BCUT2D eigenvalue weighted by atomic mass is 16.3. The van der Waals surface area contributed by atoms with Crippen LogP contribution in [0.1, 0.15) is 24.0 Å². The van der Waals surface area contributed by atoms with Gasteiger partial charge in [0, 0.05) is 13.1 Å². The number of hydrogen-bond donors (Lipinski definition) is 2. The Bertz CT molecular complexity index is 346. The zero-order valence-corrected chi connectivity index (χ0v) is 9.65. The van der Waals surface area contributed by atoms with Gasteiger partial charge in [-0.3, -0.25) is 0 Å². The van der Waals surface area contributed by atoms with Gasteiger partial charge in [0.25, 0.3) is 0 Å². The molecule has 1 aromatic carbocycles. The van der Waals surface area contributed by atoms with Gasteiger partial charge in [-0.2, -0.15) is 0 Å². The predicted molar refractivity (Wildman–Crippen MR) is 65.4 cm³/mol. The van der Waals surface area contributed by atoms with E-state index < -0.39 is 0 Å². The Kier molecular flexibility index (Phi) is 3.80. The minimum atomic E-state index is 0.399. The van der Waals surface area contributed by atoms with Crippen LogP contribution in [0.15, 0.2) is 18.2 Å². The van der Waals surface area contributed by atoms with Crippen LogP contribution < -0.4 is 5.73 Å². The first kappa shape index (κ1) is 11.4. The maximum Gasteiger partial charge on any atom is 0.118 e. The van der Waals surface area contributed by atoms with Gasteiger partial charge in [0.2, 0.25) is 0 Å². The van der Waals surface area contributed by atoms with E-state index in [2.05, 4.69) is 4.90 Å². The summed E-state index contributed by atoms with van der Waals surface area (Å²) in [6.45, 7) is 3.99. The lowest BCUT2D eigenvalue weighted by Gasteiger charge is -2.15. The zero-order chi connectivity index (χ0) is 11.4. The lowest BCUT2D eigenvalue weighted by Crippen LogP contribution is -2.22. The van der Waals surface area contributed by atoms with Crippen molar-refractivity contribution in [2.24, 2.45) is 5.73 Å². The molecule has 0 radical (unpaired) electrons. The SMILES string of the molecule is NCc1ccc(O)c(CCN2CCCC2)c1. The highest BCUT2D eigenvalue weighted by Crippen LogP contribution is 2.20. The molecular formula is C13H20N2O. The number of nitrogens with two attached hydrogens (primary N) is 1. The van der Waals surface area contributed by atoms with E-state index in [1.165, 1.54) is 25.9 Å². The van der Waals surface area contributed by atoms with Crippen LogP contribution in [0.2, 0.25) is 0 Å². The Morgan fingerprint density at radius 3 is 2.69 bits per heavy atom. The average Bonchev–Trinajstić information content (AvgIpc) is 2.81. The number of hydrogen-bond acceptors (Lipinski definition) is 3. The van der Waals surface area contributed by atoms with E-state index in [0.717, 1.165) is 24.1 Å². The molecule has 3 N–H and O–H groups in total. The van der Waals surface area contributed by atoms with E-state index in [1.807, 2.05) is 12.1 Å². The van der Waals surface area contributed by atoms with Crippen molar-refractivity contribution in [3.63, 3.8) is 0 Å². The fraction of sp³-hybridized carbons (Fsp3) is 0.538. The molecule has 1 aliphatic rings. The molecular weight excluding hydrogens is 200 g/mol. The van der Waals surface area contributed by atoms with Gasteiger partial charge in [0.05, 0.1) is 0 Å². The molecule has 1 heterocycles. The van der Waals surface area contributed by atoms with Crippen LogP contribution in [-0.4, -0.2) is 29.6 Å². The number of rotatable bonds is 4. The zero-order valence-electron chi connectivity index (χ0n) is 9.65. The smallest absolute Gasteiger partial charge is 0.118 e. The molecule has 0 atom stereocenters. The molecule has 0 aromatic heterocycles. The van der Waals surface area contributed by atoms with E-state index in [-0.39, 0.29) is 0 Å². The second kappa shape index (κ2) is 5.32. The third-order valence-electron chi connectivity index (χ3n) is 3.28. The molecule has 16 heavy (non-hydrogen) atoms. The fourth-order valence-corrected chi connectivity index (χ4v) is 2.25. The summed E-state index contributed by atoms with van der Waals surface area (Å²) >= 11 is 0. The van der Waals surface area contributed by atoms with Crippen LogP contribution in [0.4, 0.5) is 0 Å². The highest BCUT2D eigenvalue weighted by molar-refractivity contribution is 5.36. The van der Waals surface area contributed by atoms with Gasteiger partial charge in [-0.1, -0.05) is 12.1 Å². The maximum absolute atomic E-state index is 9.75. The average molecular weight is 220 g/mol. The van der Waals surface area contributed by atoms with Gasteiger partial charge in [-0.25, -0.2) is 0 Å². The Morgan fingerprint density at radius 2 is 2.00 bits per heavy atom. The van der Waals surface area contributed by atoms with Gasteiger partial charge in [-0.05, 0) is 49.5 Å². The van der Waals surface area contributed by atoms with E-state index >= 15 is 0 Å². The topological polar surface area (TPSA) is 49.5 Å². The van der Waals surface area contributed by atoms with Crippen molar-refractivity contribution >= 4 is 0 Å². The van der Waals surface area contributed by atoms with Crippen molar-refractivity contribution in [2.75, 3.05) is 19.6 Å². The maximum atomic E-state index is 9.75. The van der Waals surface area contributed by atoms with E-state index in [0.29, 0.717) is 12.3 Å². The van der Waals surface area contributed by atoms with Gasteiger partial charge in [-0.15, -0.1) is 0 Å². The number of likely N-dealkylation sites (tertiary alicyclic amines) is 1. The first-order valence-corrected chi connectivity index (χ1v) is 6.03. The summed E-state index contributed by atoms with van der Waals surface area (Å²) in [5.74, 6) is 0.399. The first-order valence-electron chi connectivity index (χ1n) is 6.03. The van der Waals surface area contributed by atoms with Crippen LogP contribution in [0.3, 0.4) is 0 Å². The Morgan fingerprint density at radius 1 is 1.25 bits per heavy atom. The monoisotopic (exact) mass is 220 g/mol. The minimum absolute atomic E-state index is 0.399. The Hall–Kier alpha value is -1.06. The van der Waals surface area contributed by atoms with E-state index in [4.69, 9.17) is 5.73 Å². The second-order valence-corrected chi connectivity index (χ2v) is 4.47. The van der Waals surface area contributed by atoms with Gasteiger partial charge >= 0.3 is 0 Å². The number of benzene rings is 1. The molecule has 1 saturated heterocycles. The molecule has 0 aliphatic carbocycles. The summed E-state index contributed by atoms with van der Waals surface area (Å²) in [5.41, 5.74) is 7.71. The lowest BCUT2D eigenvalue weighted by molar-refractivity contribution is 0.341. The lowest BCUT2D eigenvalue weighted by atomic mass is 10.1. The number of phenols is 1. The molecule has 0 unspecified atom stereocenters. The molecule has 0 bridgehead atoms. The van der Waals surface area contributed by atoms with E-state index in [1.54, 1.807) is 6.07 Å². The van der Waals surface area contributed by atoms with Gasteiger partial charge in [0.1, 0.15) is 5.75 Å². The molecule has 3 nitrogen and oxygen atoms in total. The summed E-state index contributed by atoms with van der Waals surface area (Å²) in [5, 5.41) is 9.75. The summed E-state index contributed by atoms with van der Waals surface area (Å²) in [4.78, 5) is 2.45. The van der Waals surface area contributed by atoms with Crippen LogP contribution in [0.25, 0.3) is 0 Å². The van der Waals surface area contributed by atoms with Crippen molar-refractivity contribution in [1.29, 1.82) is 0 Å². The highest BCUT2D eigenvalue weighted by Gasteiger charge is 2.12. The first-order chi connectivity index (χ1) is 7.79. The van der Waals surface area contributed by atoms with E-state index in [9.17, 15) is 5.11 Å². The third-order valence-corrected chi connectivity index (χ3v) is 3.28. The van der Waals surface area contributed by atoms with Crippen LogP contribution in [-0.2, 0) is 13.0 Å². The van der Waals surface area contributed by atoms with Crippen molar-refractivity contribution in [3.8, 4) is 5.75 Å². The number of aromatic hydroxyl groups is 1. The van der Waals surface area contributed by atoms with Crippen LogP contribution in [0.5, 0.6) is 5.75 Å². The third kappa shape index (κ3) is 2.74. The normalized spacial score (nSPS) is 16.8. The molecule has 1 fully saturated rings. The Balaban J connectivity index is 1.96. The molecule has 1 aromatic rings. The summed E-state index contributed by atoms with van der Waals surface area (Å²) < 4.78 is 0. The van der Waals surface area contributed by atoms with Gasteiger partial charge in [0.15, 0.2) is 0 Å². The van der Waals surface area contributed by atoms with Crippen molar-refractivity contribution < 1.29 is 5.11 Å². The molecule has 88 valence electrons. The molecule has 0 spiro atoms. The number of nitrogens with zero attached hydrogens (tertiary/aromatic N) is 1. The molecule has 0 saturated carbocycles. The van der Waals surface area contributed by atoms with Crippen LogP contribution in [0, 0.1) is 0 Å². The van der Waals surface area contributed by atoms with Crippen LogP contribution >= 0.6 is 0 Å². The van der Waals surface area contributed by atoms with Crippen molar-refractivity contribution in [2.45, 2.75) is 25.8 Å². The largest absolute Gasteiger partial charge is 0.508 e. The standard InChI is InChI=1S/C13H20N2O/c14-10-11-3-4-13(16)12(9-11)5-8-15-6-1-2-7-15/h3-4,9,16H,1-2,5-8,10,14H2. The quantitative estimate of drug-likeness (QED) is 0.808. The summed E-state index contributed by atoms with van der Waals surface area (Å²) in [7, 11) is 0. The van der Waals surface area contributed by atoms with Crippen molar-refractivity contribution in [3.05, 3.63) is 29.3 Å². The molecule has 1 aliphatic heterocycles.